The molecule has 1 atom stereocenters. The predicted octanol–water partition coefficient (Wildman–Crippen LogP) is 4.68. The molecule has 0 radical (unpaired) electrons. The highest BCUT2D eigenvalue weighted by Crippen LogP contribution is 2.48. The number of nitrogens with two attached hydrogens (primary N) is 1. The number of aryl methyl sites for hydroxylation is 2. The third-order valence-electron chi connectivity index (χ3n) is 4.61. The number of thioether (sulfide) groups is 1. The second-order valence-corrected chi connectivity index (χ2v) is 7.51. The number of halogens is 2. The molecule has 3 aromatic rings. The Morgan fingerprint density at radius 2 is 1.78 bits per heavy atom. The molecule has 0 amide bonds. The standard InChI is InChI=1S/C20H18F2N4S/c1-12-6-3-4-7-13(12)19-16(10-24-25(19)2)26-11-17(23)27-20(26)18-14(21)8-5-9-15(18)22/h3-11,20H,23H2,1-2H3. The highest BCUT2D eigenvalue weighted by molar-refractivity contribution is 8.03. The van der Waals surface area contributed by atoms with E-state index in [0.717, 1.165) is 22.5 Å². The predicted molar refractivity (Wildman–Crippen MR) is 105 cm³/mol. The van der Waals surface area contributed by atoms with Crippen LogP contribution in [0.15, 0.2) is 59.9 Å². The lowest BCUT2D eigenvalue weighted by Crippen LogP contribution is -2.20. The van der Waals surface area contributed by atoms with Crippen LogP contribution in [0.4, 0.5) is 14.5 Å². The molecule has 2 aromatic carbocycles. The molecule has 27 heavy (non-hydrogen) atoms. The van der Waals surface area contributed by atoms with Gasteiger partial charge in [0.05, 0.1) is 28.2 Å². The molecular formula is C20H18F2N4S. The van der Waals surface area contributed by atoms with E-state index in [2.05, 4.69) is 5.10 Å². The quantitative estimate of drug-likeness (QED) is 0.712. The van der Waals surface area contributed by atoms with Gasteiger partial charge in [-0.25, -0.2) is 8.78 Å². The zero-order chi connectivity index (χ0) is 19.1. The molecule has 0 fully saturated rings. The van der Waals surface area contributed by atoms with E-state index in [1.807, 2.05) is 38.2 Å². The maximum absolute atomic E-state index is 14.4. The highest BCUT2D eigenvalue weighted by atomic mass is 32.2. The van der Waals surface area contributed by atoms with E-state index < -0.39 is 17.0 Å². The number of anilines is 1. The van der Waals surface area contributed by atoms with Crippen molar-refractivity contribution in [3.05, 3.63) is 82.7 Å². The SMILES string of the molecule is Cc1ccccc1-c1c(N2C=C(N)SC2c2c(F)cccc2F)cnn1C. The zero-order valence-corrected chi connectivity index (χ0v) is 15.7. The zero-order valence-electron chi connectivity index (χ0n) is 14.9. The molecule has 4 nitrogen and oxygen atoms in total. The van der Waals surface area contributed by atoms with Crippen LogP contribution in [-0.4, -0.2) is 9.78 Å². The van der Waals surface area contributed by atoms with Crippen molar-refractivity contribution >= 4 is 17.4 Å². The Balaban J connectivity index is 1.87. The van der Waals surface area contributed by atoms with E-state index in [1.54, 1.807) is 22.0 Å². The number of rotatable bonds is 3. The van der Waals surface area contributed by atoms with Gasteiger partial charge in [0, 0.05) is 18.8 Å². The molecule has 1 aliphatic heterocycles. The van der Waals surface area contributed by atoms with Crippen LogP contribution < -0.4 is 10.6 Å². The second kappa shape index (κ2) is 6.74. The summed E-state index contributed by atoms with van der Waals surface area (Å²) >= 11 is 1.22. The van der Waals surface area contributed by atoms with Crippen LogP contribution in [0.1, 0.15) is 16.5 Å². The first-order valence-electron chi connectivity index (χ1n) is 8.41. The van der Waals surface area contributed by atoms with Crippen LogP contribution in [0.25, 0.3) is 11.3 Å². The fourth-order valence-corrected chi connectivity index (χ4v) is 4.39. The minimum Gasteiger partial charge on any atom is -0.392 e. The summed E-state index contributed by atoms with van der Waals surface area (Å²) in [6, 6.07) is 11.8. The summed E-state index contributed by atoms with van der Waals surface area (Å²) < 4.78 is 30.7. The van der Waals surface area contributed by atoms with Gasteiger partial charge >= 0.3 is 0 Å². The maximum Gasteiger partial charge on any atom is 0.132 e. The summed E-state index contributed by atoms with van der Waals surface area (Å²) in [6.45, 7) is 2.02. The normalized spacial score (nSPS) is 16.7. The molecular weight excluding hydrogens is 366 g/mol. The first-order valence-corrected chi connectivity index (χ1v) is 9.29. The van der Waals surface area contributed by atoms with Crippen molar-refractivity contribution in [2.75, 3.05) is 4.90 Å². The maximum atomic E-state index is 14.4. The second-order valence-electron chi connectivity index (χ2n) is 6.36. The molecule has 2 N–H and O–H groups in total. The van der Waals surface area contributed by atoms with Crippen LogP contribution in [0.2, 0.25) is 0 Å². The van der Waals surface area contributed by atoms with Crippen LogP contribution in [0, 0.1) is 18.6 Å². The fraction of sp³-hybridized carbons (Fsp3) is 0.150. The average molecular weight is 384 g/mol. The Kier molecular flexibility index (Phi) is 4.39. The fourth-order valence-electron chi connectivity index (χ4n) is 3.33. The summed E-state index contributed by atoms with van der Waals surface area (Å²) in [5, 5.41) is 4.23. The van der Waals surface area contributed by atoms with E-state index in [4.69, 9.17) is 5.73 Å². The third kappa shape index (κ3) is 2.98. The van der Waals surface area contributed by atoms with Gasteiger partial charge in [0.25, 0.3) is 0 Å². The summed E-state index contributed by atoms with van der Waals surface area (Å²) in [5.74, 6) is -1.19. The highest BCUT2D eigenvalue weighted by Gasteiger charge is 2.34. The molecule has 1 aliphatic rings. The van der Waals surface area contributed by atoms with Crippen LogP contribution in [0.3, 0.4) is 0 Å². The lowest BCUT2D eigenvalue weighted by molar-refractivity contribution is 0.554. The molecule has 7 heteroatoms. The Hall–Kier alpha value is -2.80. The van der Waals surface area contributed by atoms with Crippen molar-refractivity contribution in [1.82, 2.24) is 9.78 Å². The Labute approximate surface area is 160 Å². The van der Waals surface area contributed by atoms with Crippen LogP contribution >= 0.6 is 11.8 Å². The average Bonchev–Trinajstić information content (AvgIpc) is 3.18. The first kappa shape index (κ1) is 17.6. The van der Waals surface area contributed by atoms with Gasteiger partial charge in [-0.1, -0.05) is 42.1 Å². The summed E-state index contributed by atoms with van der Waals surface area (Å²) in [7, 11) is 1.85. The summed E-state index contributed by atoms with van der Waals surface area (Å²) in [5.41, 5.74) is 9.70. The number of aromatic nitrogens is 2. The lowest BCUT2D eigenvalue weighted by Gasteiger charge is -2.26. The Morgan fingerprint density at radius 3 is 2.48 bits per heavy atom. The van der Waals surface area contributed by atoms with Gasteiger partial charge in [-0.3, -0.25) is 4.68 Å². The van der Waals surface area contributed by atoms with E-state index >= 15 is 0 Å². The van der Waals surface area contributed by atoms with E-state index in [-0.39, 0.29) is 5.56 Å². The monoisotopic (exact) mass is 384 g/mol. The minimum atomic E-state index is -0.641. The number of hydrogen-bond acceptors (Lipinski definition) is 4. The molecule has 0 aliphatic carbocycles. The molecule has 4 rings (SSSR count). The molecule has 2 heterocycles. The Morgan fingerprint density at radius 1 is 1.07 bits per heavy atom. The van der Waals surface area contributed by atoms with Crippen LogP contribution in [0.5, 0.6) is 0 Å². The molecule has 0 spiro atoms. The van der Waals surface area contributed by atoms with Crippen molar-refractivity contribution in [3.63, 3.8) is 0 Å². The van der Waals surface area contributed by atoms with Gasteiger partial charge in [0.2, 0.25) is 0 Å². The minimum absolute atomic E-state index is 0.0150. The number of benzene rings is 2. The molecule has 0 saturated heterocycles. The topological polar surface area (TPSA) is 47.1 Å². The van der Waals surface area contributed by atoms with Gasteiger partial charge in [0.15, 0.2) is 0 Å². The van der Waals surface area contributed by atoms with E-state index in [1.165, 1.54) is 30.0 Å². The molecule has 1 aromatic heterocycles. The van der Waals surface area contributed by atoms with Crippen molar-refractivity contribution < 1.29 is 8.78 Å². The van der Waals surface area contributed by atoms with E-state index in [9.17, 15) is 8.78 Å². The Bertz CT molecular complexity index is 1020. The molecule has 138 valence electrons. The van der Waals surface area contributed by atoms with Gasteiger partial charge in [0.1, 0.15) is 17.0 Å². The van der Waals surface area contributed by atoms with E-state index in [0.29, 0.717) is 5.03 Å². The smallest absolute Gasteiger partial charge is 0.132 e. The van der Waals surface area contributed by atoms with Crippen molar-refractivity contribution in [1.29, 1.82) is 0 Å². The summed E-state index contributed by atoms with van der Waals surface area (Å²) in [4.78, 5) is 1.79. The molecule has 1 unspecified atom stereocenters. The lowest BCUT2D eigenvalue weighted by atomic mass is 10.0. The summed E-state index contributed by atoms with van der Waals surface area (Å²) in [6.07, 6.45) is 3.41. The molecule has 0 saturated carbocycles. The largest absolute Gasteiger partial charge is 0.392 e. The number of hydrogen-bond donors (Lipinski definition) is 1. The van der Waals surface area contributed by atoms with Gasteiger partial charge in [-0.2, -0.15) is 5.10 Å². The van der Waals surface area contributed by atoms with Gasteiger partial charge in [-0.05, 0) is 24.6 Å². The van der Waals surface area contributed by atoms with Gasteiger partial charge in [-0.15, -0.1) is 0 Å². The van der Waals surface area contributed by atoms with Crippen molar-refractivity contribution in [3.8, 4) is 11.3 Å². The number of nitrogens with zero attached hydrogens (tertiary/aromatic N) is 3. The third-order valence-corrected chi connectivity index (χ3v) is 5.67. The van der Waals surface area contributed by atoms with Crippen molar-refractivity contribution in [2.45, 2.75) is 12.3 Å². The van der Waals surface area contributed by atoms with Gasteiger partial charge < -0.3 is 10.6 Å². The first-order chi connectivity index (χ1) is 13.0. The molecule has 0 bridgehead atoms. The van der Waals surface area contributed by atoms with Crippen molar-refractivity contribution in [2.24, 2.45) is 12.8 Å². The van der Waals surface area contributed by atoms with Crippen LogP contribution in [-0.2, 0) is 7.05 Å².